The summed E-state index contributed by atoms with van der Waals surface area (Å²) in [5, 5.41) is 9.84. The number of aliphatic hydroxyl groups is 1. The minimum absolute atomic E-state index is 0.288. The number of methoxy groups -OCH3 is 1. The van der Waals surface area contributed by atoms with E-state index >= 15 is 0 Å². The van der Waals surface area contributed by atoms with Crippen LogP contribution in [0.3, 0.4) is 0 Å². The average molecular weight is 228 g/mol. The van der Waals surface area contributed by atoms with Crippen LogP contribution < -0.4 is 0 Å². The maximum atomic E-state index is 11.4. The van der Waals surface area contributed by atoms with Crippen molar-refractivity contribution in [3.8, 4) is 0 Å². The van der Waals surface area contributed by atoms with Gasteiger partial charge in [0.2, 0.25) is 0 Å². The van der Waals surface area contributed by atoms with Gasteiger partial charge in [0, 0.05) is 12.0 Å². The van der Waals surface area contributed by atoms with E-state index < -0.39 is 24.0 Å². The highest BCUT2D eigenvalue weighted by Gasteiger charge is 2.47. The van der Waals surface area contributed by atoms with E-state index in [-0.39, 0.29) is 6.10 Å². The molecule has 0 aromatic carbocycles. The molecule has 0 bridgehead atoms. The molecule has 0 aromatic heterocycles. The first-order chi connectivity index (χ1) is 7.43. The Balaban J connectivity index is 2.16. The van der Waals surface area contributed by atoms with Crippen molar-refractivity contribution in [1.29, 1.82) is 0 Å². The van der Waals surface area contributed by atoms with Crippen LogP contribution in [-0.2, 0) is 19.0 Å². The standard InChI is InChI=1S/C11H16O5/c1-11(2)15-8-5-6(10(13)14-3)4-7(12)9(8)16-11/h4,7-9,12H,5H2,1-3H3/t7?,8-,9+/m1/s1. The summed E-state index contributed by atoms with van der Waals surface area (Å²) >= 11 is 0. The molecule has 5 heteroatoms. The maximum absolute atomic E-state index is 11.4. The van der Waals surface area contributed by atoms with E-state index in [0.29, 0.717) is 12.0 Å². The molecule has 1 fully saturated rings. The van der Waals surface area contributed by atoms with Gasteiger partial charge in [-0.05, 0) is 19.9 Å². The molecule has 0 saturated carbocycles. The fraction of sp³-hybridized carbons (Fsp3) is 0.727. The Bertz CT molecular complexity index is 333. The van der Waals surface area contributed by atoms with Crippen LogP contribution in [0.4, 0.5) is 0 Å². The van der Waals surface area contributed by atoms with Gasteiger partial charge in [0.15, 0.2) is 5.79 Å². The van der Waals surface area contributed by atoms with Gasteiger partial charge in [-0.2, -0.15) is 0 Å². The smallest absolute Gasteiger partial charge is 0.333 e. The molecule has 0 radical (unpaired) electrons. The minimum Gasteiger partial charge on any atom is -0.466 e. The lowest BCUT2D eigenvalue weighted by molar-refractivity contribution is -0.151. The van der Waals surface area contributed by atoms with Crippen LogP contribution in [0.15, 0.2) is 11.6 Å². The Hall–Kier alpha value is -0.910. The second kappa shape index (κ2) is 3.84. The number of ether oxygens (including phenoxy) is 3. The predicted molar refractivity (Wildman–Crippen MR) is 54.5 cm³/mol. The lowest BCUT2D eigenvalue weighted by Crippen LogP contribution is -2.39. The summed E-state index contributed by atoms with van der Waals surface area (Å²) in [5.74, 6) is -1.14. The molecule has 2 aliphatic rings. The molecule has 1 aliphatic heterocycles. The molecule has 1 unspecified atom stereocenters. The second-order valence-corrected chi connectivity index (χ2v) is 4.52. The highest BCUT2D eigenvalue weighted by atomic mass is 16.8. The van der Waals surface area contributed by atoms with Crippen molar-refractivity contribution >= 4 is 5.97 Å². The topological polar surface area (TPSA) is 65.0 Å². The van der Waals surface area contributed by atoms with Crippen LogP contribution in [0, 0.1) is 0 Å². The van der Waals surface area contributed by atoms with Gasteiger partial charge in [-0.15, -0.1) is 0 Å². The zero-order valence-corrected chi connectivity index (χ0v) is 9.60. The highest BCUT2D eigenvalue weighted by molar-refractivity contribution is 5.88. The zero-order chi connectivity index (χ0) is 11.9. The summed E-state index contributed by atoms with van der Waals surface area (Å²) in [6.07, 6.45) is 0.386. The van der Waals surface area contributed by atoms with Gasteiger partial charge in [0.1, 0.15) is 12.2 Å². The Morgan fingerprint density at radius 1 is 1.56 bits per heavy atom. The van der Waals surface area contributed by atoms with Crippen LogP contribution in [-0.4, -0.2) is 42.3 Å². The van der Waals surface area contributed by atoms with E-state index in [2.05, 4.69) is 4.74 Å². The Kier molecular flexibility index (Phi) is 2.77. The van der Waals surface area contributed by atoms with Crippen LogP contribution in [0.5, 0.6) is 0 Å². The molecule has 0 aromatic rings. The average Bonchev–Trinajstić information content (AvgIpc) is 2.52. The number of fused-ring (bicyclic) bond motifs is 1. The van der Waals surface area contributed by atoms with Gasteiger partial charge in [-0.1, -0.05) is 0 Å². The van der Waals surface area contributed by atoms with Crippen LogP contribution in [0.2, 0.25) is 0 Å². The number of carbonyl (C=O) groups excluding carboxylic acids is 1. The van der Waals surface area contributed by atoms with Crippen molar-refractivity contribution in [1.82, 2.24) is 0 Å². The van der Waals surface area contributed by atoms with E-state index in [4.69, 9.17) is 9.47 Å². The lowest BCUT2D eigenvalue weighted by atomic mass is 9.92. The monoisotopic (exact) mass is 228 g/mol. The zero-order valence-electron chi connectivity index (χ0n) is 9.60. The van der Waals surface area contributed by atoms with Gasteiger partial charge in [0.25, 0.3) is 0 Å². The molecular weight excluding hydrogens is 212 g/mol. The summed E-state index contributed by atoms with van der Waals surface area (Å²) in [4.78, 5) is 11.4. The summed E-state index contributed by atoms with van der Waals surface area (Å²) in [7, 11) is 1.32. The maximum Gasteiger partial charge on any atom is 0.333 e. The van der Waals surface area contributed by atoms with Crippen LogP contribution >= 0.6 is 0 Å². The fourth-order valence-corrected chi connectivity index (χ4v) is 2.18. The third-order valence-electron chi connectivity index (χ3n) is 2.80. The summed E-state index contributed by atoms with van der Waals surface area (Å²) in [6.45, 7) is 3.58. The van der Waals surface area contributed by atoms with Crippen molar-refractivity contribution in [2.45, 2.75) is 44.4 Å². The minimum atomic E-state index is -0.824. The van der Waals surface area contributed by atoms with Gasteiger partial charge >= 0.3 is 5.97 Å². The largest absolute Gasteiger partial charge is 0.466 e. The number of hydrogen-bond acceptors (Lipinski definition) is 5. The van der Waals surface area contributed by atoms with E-state index in [1.165, 1.54) is 13.2 Å². The first kappa shape index (κ1) is 11.6. The normalized spacial score (nSPS) is 36.5. The first-order valence-corrected chi connectivity index (χ1v) is 5.25. The van der Waals surface area contributed by atoms with Crippen molar-refractivity contribution in [2.24, 2.45) is 0 Å². The van der Waals surface area contributed by atoms with Crippen LogP contribution in [0.1, 0.15) is 20.3 Å². The molecule has 16 heavy (non-hydrogen) atoms. The number of rotatable bonds is 1. The van der Waals surface area contributed by atoms with E-state index in [9.17, 15) is 9.90 Å². The molecular formula is C11H16O5. The highest BCUT2D eigenvalue weighted by Crippen LogP contribution is 2.36. The van der Waals surface area contributed by atoms with E-state index in [1.54, 1.807) is 13.8 Å². The molecule has 90 valence electrons. The molecule has 1 saturated heterocycles. The van der Waals surface area contributed by atoms with Crippen molar-refractivity contribution in [3.05, 3.63) is 11.6 Å². The fourth-order valence-electron chi connectivity index (χ4n) is 2.18. The SMILES string of the molecule is COC(=O)C1=CC(O)[C@@H]2OC(C)(C)O[C@@H]2C1. The van der Waals surface area contributed by atoms with Gasteiger partial charge in [-0.3, -0.25) is 0 Å². The third-order valence-corrected chi connectivity index (χ3v) is 2.80. The Morgan fingerprint density at radius 2 is 2.25 bits per heavy atom. The number of hydrogen-bond donors (Lipinski definition) is 1. The molecule has 1 heterocycles. The summed E-state index contributed by atoms with van der Waals surface area (Å²) in [6, 6.07) is 0. The number of aliphatic hydroxyl groups excluding tert-OH is 1. The Labute approximate surface area is 94.0 Å². The second-order valence-electron chi connectivity index (χ2n) is 4.52. The predicted octanol–water partition coefficient (Wildman–Crippen LogP) is 0.370. The van der Waals surface area contributed by atoms with Crippen molar-refractivity contribution in [3.63, 3.8) is 0 Å². The number of esters is 1. The number of carbonyl (C=O) groups is 1. The van der Waals surface area contributed by atoms with Gasteiger partial charge in [-0.25, -0.2) is 4.79 Å². The molecule has 5 nitrogen and oxygen atoms in total. The van der Waals surface area contributed by atoms with E-state index in [1.807, 2.05) is 0 Å². The Morgan fingerprint density at radius 3 is 2.88 bits per heavy atom. The molecule has 0 amide bonds. The van der Waals surface area contributed by atoms with Gasteiger partial charge in [0.05, 0.1) is 13.2 Å². The molecule has 2 rings (SSSR count). The first-order valence-electron chi connectivity index (χ1n) is 5.25. The lowest BCUT2D eigenvalue weighted by Gasteiger charge is -2.25. The van der Waals surface area contributed by atoms with Gasteiger partial charge < -0.3 is 19.3 Å². The van der Waals surface area contributed by atoms with Crippen LogP contribution in [0.25, 0.3) is 0 Å². The van der Waals surface area contributed by atoms with Crippen molar-refractivity contribution in [2.75, 3.05) is 7.11 Å². The summed E-state index contributed by atoms with van der Waals surface area (Å²) in [5.41, 5.74) is 0.442. The van der Waals surface area contributed by atoms with E-state index in [0.717, 1.165) is 0 Å². The third kappa shape index (κ3) is 1.98. The van der Waals surface area contributed by atoms with Crippen molar-refractivity contribution < 1.29 is 24.1 Å². The molecule has 3 atom stereocenters. The molecule has 1 aliphatic carbocycles. The summed E-state index contributed by atoms with van der Waals surface area (Å²) < 4.78 is 15.8. The quantitative estimate of drug-likeness (QED) is 0.657. The molecule has 1 N–H and O–H groups in total. The molecule has 0 spiro atoms.